The second-order valence-corrected chi connectivity index (χ2v) is 3.99. The number of primary amides is 1. The molecule has 0 saturated carbocycles. The van der Waals surface area contributed by atoms with Gasteiger partial charge in [0.25, 0.3) is 0 Å². The number of phenols is 2. The number of hydrogen-bond acceptors (Lipinski definition) is 4. The molecular weight excluding hydrogens is 236 g/mol. The fourth-order valence-corrected chi connectivity index (χ4v) is 1.34. The standard InChI is InChI=1S/C12H16N2O4/c1-7(11(13)17)12(18)14-5-4-8-2-3-9(15)10(16)6-8/h2-3,6-7,15-16H,4-5H2,1H3,(H2,13,17)(H,14,18). The number of carbonyl (C=O) groups excluding carboxylic acids is 2. The zero-order valence-electron chi connectivity index (χ0n) is 10.0. The number of nitrogens with one attached hydrogen (secondary N) is 1. The van der Waals surface area contributed by atoms with Crippen molar-refractivity contribution < 1.29 is 19.8 Å². The van der Waals surface area contributed by atoms with Gasteiger partial charge in [-0.3, -0.25) is 9.59 Å². The number of rotatable bonds is 5. The van der Waals surface area contributed by atoms with E-state index in [-0.39, 0.29) is 11.5 Å². The summed E-state index contributed by atoms with van der Waals surface area (Å²) in [4.78, 5) is 22.2. The molecule has 0 aliphatic heterocycles. The Morgan fingerprint density at radius 1 is 1.33 bits per heavy atom. The molecule has 5 N–H and O–H groups in total. The monoisotopic (exact) mass is 252 g/mol. The van der Waals surface area contributed by atoms with Crippen LogP contribution in [-0.4, -0.2) is 28.6 Å². The largest absolute Gasteiger partial charge is 0.504 e. The van der Waals surface area contributed by atoms with E-state index in [0.29, 0.717) is 13.0 Å². The highest BCUT2D eigenvalue weighted by atomic mass is 16.3. The van der Waals surface area contributed by atoms with Crippen molar-refractivity contribution in [3.8, 4) is 11.5 Å². The first-order valence-electron chi connectivity index (χ1n) is 5.49. The molecule has 0 aliphatic carbocycles. The molecule has 2 amide bonds. The van der Waals surface area contributed by atoms with Gasteiger partial charge in [-0.2, -0.15) is 0 Å². The van der Waals surface area contributed by atoms with Crippen molar-refractivity contribution in [1.29, 1.82) is 0 Å². The van der Waals surface area contributed by atoms with E-state index in [1.165, 1.54) is 19.1 Å². The Morgan fingerprint density at radius 3 is 2.56 bits per heavy atom. The number of hydrogen-bond donors (Lipinski definition) is 4. The highest BCUT2D eigenvalue weighted by Crippen LogP contribution is 2.24. The molecule has 0 fully saturated rings. The van der Waals surface area contributed by atoms with E-state index in [2.05, 4.69) is 5.32 Å². The van der Waals surface area contributed by atoms with Gasteiger partial charge in [0, 0.05) is 6.54 Å². The minimum absolute atomic E-state index is 0.190. The number of benzene rings is 1. The van der Waals surface area contributed by atoms with Crippen molar-refractivity contribution in [3.05, 3.63) is 23.8 Å². The third-order valence-corrected chi connectivity index (χ3v) is 2.57. The molecule has 6 heteroatoms. The summed E-state index contributed by atoms with van der Waals surface area (Å²) >= 11 is 0. The lowest BCUT2D eigenvalue weighted by Gasteiger charge is -2.09. The molecular formula is C12H16N2O4. The van der Waals surface area contributed by atoms with Gasteiger partial charge in [-0.05, 0) is 31.0 Å². The second kappa shape index (κ2) is 5.90. The molecule has 1 aromatic carbocycles. The van der Waals surface area contributed by atoms with Gasteiger partial charge in [-0.25, -0.2) is 0 Å². The van der Waals surface area contributed by atoms with Gasteiger partial charge in [-0.15, -0.1) is 0 Å². The summed E-state index contributed by atoms with van der Waals surface area (Å²) in [6.45, 7) is 1.75. The van der Waals surface area contributed by atoms with Crippen LogP contribution in [-0.2, 0) is 16.0 Å². The molecule has 18 heavy (non-hydrogen) atoms. The van der Waals surface area contributed by atoms with Gasteiger partial charge in [-0.1, -0.05) is 6.07 Å². The van der Waals surface area contributed by atoms with Crippen LogP contribution in [0.5, 0.6) is 11.5 Å². The van der Waals surface area contributed by atoms with Crippen LogP contribution in [0, 0.1) is 5.92 Å². The Balaban J connectivity index is 2.44. The lowest BCUT2D eigenvalue weighted by molar-refractivity contribution is -0.132. The van der Waals surface area contributed by atoms with Crippen LogP contribution in [0.3, 0.4) is 0 Å². The maximum Gasteiger partial charge on any atom is 0.232 e. The SMILES string of the molecule is CC(C(N)=O)C(=O)NCCc1ccc(O)c(O)c1. The van der Waals surface area contributed by atoms with Crippen molar-refractivity contribution >= 4 is 11.8 Å². The van der Waals surface area contributed by atoms with Gasteiger partial charge in [0.1, 0.15) is 5.92 Å². The fraction of sp³-hybridized carbons (Fsp3) is 0.333. The highest BCUT2D eigenvalue weighted by Gasteiger charge is 2.17. The van der Waals surface area contributed by atoms with Crippen molar-refractivity contribution in [3.63, 3.8) is 0 Å². The quantitative estimate of drug-likeness (QED) is 0.432. The fourth-order valence-electron chi connectivity index (χ4n) is 1.34. The summed E-state index contributed by atoms with van der Waals surface area (Å²) in [5, 5.41) is 21.0. The van der Waals surface area contributed by atoms with Crippen molar-refractivity contribution in [2.75, 3.05) is 6.54 Å². The van der Waals surface area contributed by atoms with Gasteiger partial charge in [0.05, 0.1) is 0 Å². The third-order valence-electron chi connectivity index (χ3n) is 2.57. The summed E-state index contributed by atoms with van der Waals surface area (Å²) in [5.41, 5.74) is 5.76. The lowest BCUT2D eigenvalue weighted by atomic mass is 10.1. The first-order valence-corrected chi connectivity index (χ1v) is 5.49. The van der Waals surface area contributed by atoms with E-state index < -0.39 is 17.7 Å². The molecule has 0 bridgehead atoms. The summed E-state index contributed by atoms with van der Waals surface area (Å²) in [7, 11) is 0. The topological polar surface area (TPSA) is 113 Å². The van der Waals surface area contributed by atoms with Crippen molar-refractivity contribution in [2.24, 2.45) is 11.7 Å². The van der Waals surface area contributed by atoms with E-state index in [1.807, 2.05) is 0 Å². The van der Waals surface area contributed by atoms with Crippen LogP contribution >= 0.6 is 0 Å². The Kier molecular flexibility index (Phi) is 4.53. The average molecular weight is 252 g/mol. The van der Waals surface area contributed by atoms with Crippen LogP contribution in [0.15, 0.2) is 18.2 Å². The van der Waals surface area contributed by atoms with Crippen LogP contribution in [0.2, 0.25) is 0 Å². The molecule has 0 saturated heterocycles. The molecule has 1 atom stereocenters. The highest BCUT2D eigenvalue weighted by molar-refractivity contribution is 5.99. The molecule has 0 heterocycles. The molecule has 6 nitrogen and oxygen atoms in total. The molecule has 0 aliphatic rings. The molecule has 1 unspecified atom stereocenters. The average Bonchev–Trinajstić information content (AvgIpc) is 2.32. The van der Waals surface area contributed by atoms with Gasteiger partial charge >= 0.3 is 0 Å². The van der Waals surface area contributed by atoms with E-state index >= 15 is 0 Å². The normalized spacial score (nSPS) is 11.8. The lowest BCUT2D eigenvalue weighted by Crippen LogP contribution is -2.37. The Bertz CT molecular complexity index is 459. The summed E-state index contributed by atoms with van der Waals surface area (Å²) < 4.78 is 0. The minimum atomic E-state index is -0.863. The number of aromatic hydroxyl groups is 2. The van der Waals surface area contributed by atoms with Crippen LogP contribution in [0.25, 0.3) is 0 Å². The summed E-state index contributed by atoms with van der Waals surface area (Å²) in [5.74, 6) is -2.35. The zero-order valence-corrected chi connectivity index (χ0v) is 10.0. The smallest absolute Gasteiger partial charge is 0.232 e. The van der Waals surface area contributed by atoms with Gasteiger partial charge in [0.15, 0.2) is 11.5 Å². The maximum absolute atomic E-state index is 11.4. The van der Waals surface area contributed by atoms with Gasteiger partial charge < -0.3 is 21.3 Å². The van der Waals surface area contributed by atoms with Crippen LogP contribution < -0.4 is 11.1 Å². The van der Waals surface area contributed by atoms with Crippen molar-refractivity contribution in [2.45, 2.75) is 13.3 Å². The predicted octanol–water partition coefficient (Wildman–Crippen LogP) is -0.122. The van der Waals surface area contributed by atoms with E-state index in [1.54, 1.807) is 6.07 Å². The number of carbonyl (C=O) groups is 2. The van der Waals surface area contributed by atoms with Gasteiger partial charge in [0.2, 0.25) is 11.8 Å². The molecule has 1 aromatic rings. The van der Waals surface area contributed by atoms with Crippen LogP contribution in [0.4, 0.5) is 0 Å². The first kappa shape index (κ1) is 13.8. The second-order valence-electron chi connectivity index (χ2n) is 3.99. The maximum atomic E-state index is 11.4. The molecule has 0 spiro atoms. The zero-order chi connectivity index (χ0) is 13.7. The third kappa shape index (κ3) is 3.65. The molecule has 0 aromatic heterocycles. The number of amides is 2. The molecule has 1 rings (SSSR count). The first-order chi connectivity index (χ1) is 8.41. The molecule has 0 radical (unpaired) electrons. The van der Waals surface area contributed by atoms with Crippen LogP contribution in [0.1, 0.15) is 12.5 Å². The Labute approximate surface area is 104 Å². The molecule has 98 valence electrons. The van der Waals surface area contributed by atoms with Crippen molar-refractivity contribution in [1.82, 2.24) is 5.32 Å². The number of nitrogens with two attached hydrogens (primary N) is 1. The summed E-state index contributed by atoms with van der Waals surface area (Å²) in [6, 6.07) is 4.43. The predicted molar refractivity (Wildman–Crippen MR) is 64.8 cm³/mol. The summed E-state index contributed by atoms with van der Waals surface area (Å²) in [6.07, 6.45) is 0.477. The van der Waals surface area contributed by atoms with E-state index in [9.17, 15) is 14.7 Å². The van der Waals surface area contributed by atoms with E-state index in [0.717, 1.165) is 5.56 Å². The number of phenolic OH excluding ortho intramolecular Hbond substituents is 2. The Hall–Kier alpha value is -2.24. The minimum Gasteiger partial charge on any atom is -0.504 e. The Morgan fingerprint density at radius 2 is 2.00 bits per heavy atom. The van der Waals surface area contributed by atoms with E-state index in [4.69, 9.17) is 10.8 Å².